The molecule has 1 aliphatic heterocycles. The second kappa shape index (κ2) is 9.41. The molecule has 0 aromatic heterocycles. The summed E-state index contributed by atoms with van der Waals surface area (Å²) >= 11 is 12.3. The van der Waals surface area contributed by atoms with Crippen molar-refractivity contribution in [3.05, 3.63) is 93.0 Å². The Morgan fingerprint density at radius 2 is 1.62 bits per heavy atom. The Morgan fingerprint density at radius 3 is 2.26 bits per heavy atom. The third kappa shape index (κ3) is 4.00. The number of hydrogen-bond donors (Lipinski definition) is 1. The Balaban J connectivity index is 1.97. The van der Waals surface area contributed by atoms with Crippen molar-refractivity contribution in [2.45, 2.75) is 13.0 Å². The van der Waals surface area contributed by atoms with Gasteiger partial charge in [0.15, 0.2) is 11.5 Å². The lowest BCUT2D eigenvalue weighted by Gasteiger charge is -2.27. The Labute approximate surface area is 206 Å². The summed E-state index contributed by atoms with van der Waals surface area (Å²) in [5.74, 6) is -1.08. The van der Waals surface area contributed by atoms with Gasteiger partial charge in [0.25, 0.3) is 11.7 Å². The number of rotatable bonds is 5. The maximum atomic E-state index is 13.3. The fourth-order valence-corrected chi connectivity index (χ4v) is 4.35. The van der Waals surface area contributed by atoms with Crippen LogP contribution in [-0.2, 0) is 9.59 Å². The largest absolute Gasteiger partial charge is 0.507 e. The number of aliphatic hydroxyl groups is 1. The number of nitrogens with zero attached hydrogens (tertiary/aromatic N) is 1. The number of aryl methyl sites for hydroxylation is 1. The number of anilines is 1. The minimum atomic E-state index is -0.883. The van der Waals surface area contributed by atoms with Crippen LogP contribution in [0, 0.1) is 6.92 Å². The van der Waals surface area contributed by atoms with Crippen molar-refractivity contribution in [2.75, 3.05) is 19.1 Å². The maximum Gasteiger partial charge on any atom is 0.300 e. The van der Waals surface area contributed by atoms with Crippen LogP contribution in [0.15, 0.2) is 66.2 Å². The van der Waals surface area contributed by atoms with Gasteiger partial charge in [-0.15, -0.1) is 0 Å². The number of carbonyl (C=O) groups excluding carboxylic acids is 2. The molecule has 1 amide bonds. The van der Waals surface area contributed by atoms with E-state index in [1.807, 2.05) is 31.2 Å². The molecule has 0 radical (unpaired) electrons. The normalized spacial score (nSPS) is 17.2. The lowest BCUT2D eigenvalue weighted by atomic mass is 9.92. The fourth-order valence-electron chi connectivity index (χ4n) is 4.06. The van der Waals surface area contributed by atoms with Gasteiger partial charge in [0.1, 0.15) is 5.76 Å². The molecule has 174 valence electrons. The molecule has 0 saturated carbocycles. The van der Waals surface area contributed by atoms with E-state index in [4.69, 9.17) is 32.7 Å². The van der Waals surface area contributed by atoms with E-state index in [1.54, 1.807) is 30.3 Å². The molecule has 8 heteroatoms. The number of Topliss-reactive ketones (excluding diaryl/α,β-unsaturated/α-hetero) is 1. The van der Waals surface area contributed by atoms with E-state index in [2.05, 4.69) is 0 Å². The Morgan fingerprint density at radius 1 is 0.912 bits per heavy atom. The molecule has 0 bridgehead atoms. The van der Waals surface area contributed by atoms with Gasteiger partial charge in [0.2, 0.25) is 0 Å². The van der Waals surface area contributed by atoms with E-state index in [-0.39, 0.29) is 16.4 Å². The first-order valence-corrected chi connectivity index (χ1v) is 11.1. The summed E-state index contributed by atoms with van der Waals surface area (Å²) in [5, 5.41) is 11.9. The van der Waals surface area contributed by atoms with E-state index >= 15 is 0 Å². The SMILES string of the molecule is COc1ccc(/C(O)=C2\C(=O)C(=O)N(c3ccc(Cl)c(Cl)c3)C2c2ccccc2C)cc1OC. The number of aliphatic hydroxyl groups excluding tert-OH is 1. The van der Waals surface area contributed by atoms with Crippen LogP contribution in [0.25, 0.3) is 5.76 Å². The standard InChI is InChI=1S/C26H21Cl2NO5/c1-14-6-4-5-7-17(14)23-22(24(30)15-8-11-20(33-2)21(12-15)34-3)25(31)26(32)29(23)16-9-10-18(27)19(28)13-16/h4-13,23,30H,1-3H3/b24-22+. The van der Waals surface area contributed by atoms with Crippen LogP contribution < -0.4 is 14.4 Å². The lowest BCUT2D eigenvalue weighted by Crippen LogP contribution is -2.29. The Hall–Kier alpha value is -3.48. The van der Waals surface area contributed by atoms with Gasteiger partial charge in [-0.2, -0.15) is 0 Å². The van der Waals surface area contributed by atoms with E-state index in [0.29, 0.717) is 33.3 Å². The smallest absolute Gasteiger partial charge is 0.300 e. The molecule has 6 nitrogen and oxygen atoms in total. The van der Waals surface area contributed by atoms with E-state index in [1.165, 1.54) is 25.2 Å². The molecule has 1 atom stereocenters. The zero-order valence-electron chi connectivity index (χ0n) is 18.6. The van der Waals surface area contributed by atoms with Crippen LogP contribution in [0.3, 0.4) is 0 Å². The fraction of sp³-hybridized carbons (Fsp3) is 0.154. The van der Waals surface area contributed by atoms with Crippen LogP contribution in [0.2, 0.25) is 10.0 Å². The molecule has 3 aromatic rings. The van der Waals surface area contributed by atoms with Gasteiger partial charge in [-0.25, -0.2) is 0 Å². The molecule has 0 aliphatic carbocycles. The van der Waals surface area contributed by atoms with Crippen LogP contribution in [0.1, 0.15) is 22.7 Å². The number of hydrogen-bond acceptors (Lipinski definition) is 5. The average Bonchev–Trinajstić information content (AvgIpc) is 3.10. The molecular formula is C26H21Cl2NO5. The zero-order chi connectivity index (χ0) is 24.6. The number of halogens is 2. The molecular weight excluding hydrogens is 477 g/mol. The van der Waals surface area contributed by atoms with Crippen molar-refractivity contribution in [1.29, 1.82) is 0 Å². The predicted molar refractivity (Wildman–Crippen MR) is 132 cm³/mol. The highest BCUT2D eigenvalue weighted by molar-refractivity contribution is 6.52. The summed E-state index contributed by atoms with van der Waals surface area (Å²) in [6.07, 6.45) is 0. The number of benzene rings is 3. The summed E-state index contributed by atoms with van der Waals surface area (Å²) < 4.78 is 10.6. The van der Waals surface area contributed by atoms with Crippen molar-refractivity contribution in [3.8, 4) is 11.5 Å². The van der Waals surface area contributed by atoms with E-state index in [9.17, 15) is 14.7 Å². The van der Waals surface area contributed by atoms with Crippen LogP contribution in [0.4, 0.5) is 5.69 Å². The summed E-state index contributed by atoms with van der Waals surface area (Å²) in [5.41, 5.74) is 2.18. The Kier molecular flexibility index (Phi) is 6.55. The first kappa shape index (κ1) is 23.7. The van der Waals surface area contributed by atoms with Gasteiger partial charge < -0.3 is 14.6 Å². The van der Waals surface area contributed by atoms with Gasteiger partial charge in [-0.05, 0) is 54.4 Å². The van der Waals surface area contributed by atoms with Gasteiger partial charge >= 0.3 is 0 Å². The molecule has 34 heavy (non-hydrogen) atoms. The predicted octanol–water partition coefficient (Wildman–Crippen LogP) is 5.95. The molecule has 1 saturated heterocycles. The van der Waals surface area contributed by atoms with Crippen molar-refractivity contribution < 1.29 is 24.2 Å². The molecule has 1 aliphatic rings. The number of ketones is 1. The number of amides is 1. The first-order chi connectivity index (χ1) is 16.3. The summed E-state index contributed by atoms with van der Waals surface area (Å²) in [6.45, 7) is 1.88. The number of carbonyl (C=O) groups is 2. The van der Waals surface area contributed by atoms with Gasteiger partial charge in [-0.3, -0.25) is 14.5 Å². The maximum absolute atomic E-state index is 13.3. The zero-order valence-corrected chi connectivity index (χ0v) is 20.1. The third-order valence-corrected chi connectivity index (χ3v) is 6.50. The van der Waals surface area contributed by atoms with Crippen molar-refractivity contribution in [1.82, 2.24) is 0 Å². The molecule has 1 unspecified atom stereocenters. The highest BCUT2D eigenvalue weighted by atomic mass is 35.5. The number of ether oxygens (including phenoxy) is 2. The quantitative estimate of drug-likeness (QED) is 0.268. The minimum absolute atomic E-state index is 0.0439. The van der Waals surface area contributed by atoms with Crippen LogP contribution in [-0.4, -0.2) is 31.0 Å². The molecule has 1 heterocycles. The highest BCUT2D eigenvalue weighted by Crippen LogP contribution is 2.44. The topological polar surface area (TPSA) is 76.1 Å². The lowest BCUT2D eigenvalue weighted by molar-refractivity contribution is -0.132. The molecule has 4 rings (SSSR count). The second-order valence-corrected chi connectivity index (χ2v) is 8.51. The summed E-state index contributed by atoms with van der Waals surface area (Å²) in [4.78, 5) is 27.9. The summed E-state index contributed by atoms with van der Waals surface area (Å²) in [7, 11) is 2.97. The van der Waals surface area contributed by atoms with Crippen molar-refractivity contribution >= 4 is 46.3 Å². The minimum Gasteiger partial charge on any atom is -0.507 e. The Bertz CT molecular complexity index is 1330. The monoisotopic (exact) mass is 497 g/mol. The van der Waals surface area contributed by atoms with Crippen molar-refractivity contribution in [2.24, 2.45) is 0 Å². The highest BCUT2D eigenvalue weighted by Gasteiger charge is 2.47. The van der Waals surface area contributed by atoms with E-state index in [0.717, 1.165) is 5.56 Å². The van der Waals surface area contributed by atoms with Gasteiger partial charge in [0.05, 0.1) is 35.9 Å². The number of methoxy groups -OCH3 is 2. The first-order valence-electron chi connectivity index (χ1n) is 10.3. The second-order valence-electron chi connectivity index (χ2n) is 7.69. The summed E-state index contributed by atoms with van der Waals surface area (Å²) in [6, 6.07) is 15.9. The average molecular weight is 498 g/mol. The van der Waals surface area contributed by atoms with Crippen LogP contribution >= 0.6 is 23.2 Å². The van der Waals surface area contributed by atoms with E-state index < -0.39 is 17.7 Å². The third-order valence-electron chi connectivity index (χ3n) is 5.77. The van der Waals surface area contributed by atoms with Crippen molar-refractivity contribution in [3.63, 3.8) is 0 Å². The molecule has 0 spiro atoms. The molecule has 1 fully saturated rings. The van der Waals surface area contributed by atoms with Gasteiger partial charge in [-0.1, -0.05) is 47.5 Å². The molecule has 3 aromatic carbocycles. The van der Waals surface area contributed by atoms with Gasteiger partial charge in [0, 0.05) is 11.3 Å². The molecule has 1 N–H and O–H groups in total. The van der Waals surface area contributed by atoms with Crippen LogP contribution in [0.5, 0.6) is 11.5 Å².